The number of carbonyl (C=O) groups is 2. The maximum atomic E-state index is 12.5. The number of nitrogens with two attached hydrogens (primary N) is 2. The first kappa shape index (κ1) is 21.4. The molecular weight excluding hydrogens is 410 g/mol. The lowest BCUT2D eigenvalue weighted by Gasteiger charge is -2.11. The van der Waals surface area contributed by atoms with Gasteiger partial charge in [0.15, 0.2) is 5.16 Å². The van der Waals surface area contributed by atoms with E-state index in [1.165, 1.54) is 47.6 Å². The van der Waals surface area contributed by atoms with Crippen LogP contribution in [-0.2, 0) is 22.4 Å². The molecule has 0 bridgehead atoms. The molecule has 0 radical (unpaired) electrons. The molecule has 10 heteroatoms. The highest BCUT2D eigenvalue weighted by Gasteiger charge is 2.25. The number of esters is 1. The Morgan fingerprint density at radius 3 is 2.55 bits per heavy atom. The van der Waals surface area contributed by atoms with Crippen molar-refractivity contribution in [2.24, 2.45) is 0 Å². The molecule has 1 aliphatic rings. The van der Waals surface area contributed by atoms with Crippen molar-refractivity contribution in [3.63, 3.8) is 0 Å². The van der Waals surface area contributed by atoms with Crippen molar-refractivity contribution in [3.05, 3.63) is 22.1 Å². The predicted molar refractivity (Wildman–Crippen MR) is 116 cm³/mol. The summed E-state index contributed by atoms with van der Waals surface area (Å²) in [5.74, 6) is 0.490. The number of amides is 1. The number of hydrogen-bond donors (Lipinski definition) is 3. The molecule has 0 saturated carbocycles. The maximum absolute atomic E-state index is 12.5. The van der Waals surface area contributed by atoms with Gasteiger partial charge in [-0.1, -0.05) is 24.6 Å². The van der Waals surface area contributed by atoms with Gasteiger partial charge in [-0.3, -0.25) is 4.79 Å². The predicted octanol–water partition coefficient (Wildman–Crippen LogP) is 3.27. The van der Waals surface area contributed by atoms with Gasteiger partial charge in [0.1, 0.15) is 16.6 Å². The number of methoxy groups -OCH3 is 1. The second-order valence-corrected chi connectivity index (χ2v) is 8.93. The van der Waals surface area contributed by atoms with Gasteiger partial charge in [0.05, 0.1) is 12.7 Å². The van der Waals surface area contributed by atoms with Crippen molar-refractivity contribution in [1.29, 1.82) is 0 Å². The molecule has 0 aliphatic heterocycles. The first-order valence-electron chi connectivity index (χ1n) is 9.53. The highest BCUT2D eigenvalue weighted by Crippen LogP contribution is 2.37. The average molecular weight is 436 g/mol. The summed E-state index contributed by atoms with van der Waals surface area (Å²) in [7, 11) is 1.37. The van der Waals surface area contributed by atoms with Crippen LogP contribution in [0.15, 0.2) is 11.2 Å². The summed E-state index contributed by atoms with van der Waals surface area (Å²) in [4.78, 5) is 34.2. The molecule has 0 spiro atoms. The van der Waals surface area contributed by atoms with E-state index >= 15 is 0 Å². The molecule has 2 aromatic heterocycles. The molecule has 156 valence electrons. The molecule has 29 heavy (non-hydrogen) atoms. The number of anilines is 3. The van der Waals surface area contributed by atoms with Gasteiger partial charge in [-0.25, -0.2) is 14.8 Å². The van der Waals surface area contributed by atoms with E-state index in [0.29, 0.717) is 33.1 Å². The van der Waals surface area contributed by atoms with E-state index in [1.807, 2.05) is 0 Å². The van der Waals surface area contributed by atoms with Crippen molar-refractivity contribution < 1.29 is 14.3 Å². The van der Waals surface area contributed by atoms with Gasteiger partial charge in [-0.15, -0.1) is 11.3 Å². The number of nitrogens with one attached hydrogen (secondary N) is 1. The molecule has 8 nitrogen and oxygen atoms in total. The molecule has 0 unspecified atom stereocenters. The number of nitrogen functional groups attached to an aromatic ring is 2. The third-order valence-corrected chi connectivity index (χ3v) is 6.68. The SMILES string of the molecule is COC(=O)c1c(NC(=O)CCSc2nc(N)cc(N)n2)sc2c1CCCCCC2. The number of aryl methyl sites for hydroxylation is 1. The zero-order valence-electron chi connectivity index (χ0n) is 16.3. The summed E-state index contributed by atoms with van der Waals surface area (Å²) in [6, 6.07) is 1.48. The first-order valence-corrected chi connectivity index (χ1v) is 11.3. The lowest BCUT2D eigenvalue weighted by atomic mass is 9.96. The number of thioether (sulfide) groups is 1. The summed E-state index contributed by atoms with van der Waals surface area (Å²) in [6.07, 6.45) is 6.51. The monoisotopic (exact) mass is 435 g/mol. The highest BCUT2D eigenvalue weighted by molar-refractivity contribution is 7.99. The fourth-order valence-electron chi connectivity index (χ4n) is 3.28. The lowest BCUT2D eigenvalue weighted by Crippen LogP contribution is -2.15. The van der Waals surface area contributed by atoms with Crippen LogP contribution in [0.25, 0.3) is 0 Å². The molecule has 2 heterocycles. The zero-order valence-corrected chi connectivity index (χ0v) is 18.0. The zero-order chi connectivity index (χ0) is 20.8. The van der Waals surface area contributed by atoms with Crippen LogP contribution in [0.5, 0.6) is 0 Å². The smallest absolute Gasteiger partial charge is 0.341 e. The molecule has 5 N–H and O–H groups in total. The van der Waals surface area contributed by atoms with Crippen LogP contribution in [0.2, 0.25) is 0 Å². The highest BCUT2D eigenvalue weighted by atomic mass is 32.2. The number of rotatable bonds is 6. The molecule has 2 aromatic rings. The van der Waals surface area contributed by atoms with Crippen LogP contribution in [-0.4, -0.2) is 34.7 Å². The molecule has 1 amide bonds. The molecule has 0 saturated heterocycles. The number of fused-ring (bicyclic) bond motifs is 1. The summed E-state index contributed by atoms with van der Waals surface area (Å²) in [5.41, 5.74) is 12.9. The second kappa shape index (κ2) is 9.93. The Bertz CT molecular complexity index is 880. The van der Waals surface area contributed by atoms with E-state index < -0.39 is 5.97 Å². The first-order chi connectivity index (χ1) is 14.0. The Morgan fingerprint density at radius 1 is 1.17 bits per heavy atom. The molecule has 1 aliphatic carbocycles. The van der Waals surface area contributed by atoms with Gasteiger partial charge in [-0.2, -0.15) is 0 Å². The van der Waals surface area contributed by atoms with Gasteiger partial charge < -0.3 is 21.5 Å². The van der Waals surface area contributed by atoms with Crippen molar-refractivity contribution in [2.45, 2.75) is 50.1 Å². The Kier molecular flexibility index (Phi) is 7.32. The van der Waals surface area contributed by atoms with E-state index in [1.54, 1.807) is 0 Å². The normalized spacial score (nSPS) is 13.8. The fourth-order valence-corrected chi connectivity index (χ4v) is 5.38. The largest absolute Gasteiger partial charge is 0.465 e. The van der Waals surface area contributed by atoms with Gasteiger partial charge in [0.25, 0.3) is 0 Å². The Balaban J connectivity index is 1.67. The van der Waals surface area contributed by atoms with E-state index in [0.717, 1.165) is 37.7 Å². The van der Waals surface area contributed by atoms with Crippen molar-refractivity contribution in [1.82, 2.24) is 9.97 Å². The number of aromatic nitrogens is 2. The van der Waals surface area contributed by atoms with Crippen LogP contribution in [0.1, 0.15) is 52.9 Å². The van der Waals surface area contributed by atoms with Crippen molar-refractivity contribution in [2.75, 3.05) is 29.6 Å². The van der Waals surface area contributed by atoms with Gasteiger partial charge in [0, 0.05) is 23.1 Å². The Morgan fingerprint density at radius 2 is 1.86 bits per heavy atom. The Labute approximate surface area is 177 Å². The van der Waals surface area contributed by atoms with E-state index in [-0.39, 0.29) is 12.3 Å². The number of carbonyl (C=O) groups excluding carboxylic acids is 2. The summed E-state index contributed by atoms with van der Waals surface area (Å²) in [6.45, 7) is 0. The molecular formula is C19H25N5O3S2. The molecule has 3 rings (SSSR count). The number of thiophene rings is 1. The van der Waals surface area contributed by atoms with Crippen LogP contribution in [0.4, 0.5) is 16.6 Å². The van der Waals surface area contributed by atoms with Gasteiger partial charge in [0.2, 0.25) is 5.91 Å². The van der Waals surface area contributed by atoms with E-state index in [9.17, 15) is 9.59 Å². The fraction of sp³-hybridized carbons (Fsp3) is 0.474. The maximum Gasteiger partial charge on any atom is 0.341 e. The van der Waals surface area contributed by atoms with Crippen molar-refractivity contribution >= 4 is 51.6 Å². The quantitative estimate of drug-likeness (QED) is 0.358. The number of hydrogen-bond acceptors (Lipinski definition) is 9. The van der Waals surface area contributed by atoms with Crippen LogP contribution < -0.4 is 16.8 Å². The lowest BCUT2D eigenvalue weighted by molar-refractivity contribution is -0.115. The minimum Gasteiger partial charge on any atom is -0.465 e. The summed E-state index contributed by atoms with van der Waals surface area (Å²) >= 11 is 2.80. The van der Waals surface area contributed by atoms with E-state index in [4.69, 9.17) is 16.2 Å². The van der Waals surface area contributed by atoms with Gasteiger partial charge >= 0.3 is 5.97 Å². The van der Waals surface area contributed by atoms with Crippen molar-refractivity contribution in [3.8, 4) is 0 Å². The number of nitrogens with zero attached hydrogens (tertiary/aromatic N) is 2. The minimum atomic E-state index is -0.392. The third kappa shape index (κ3) is 5.60. The van der Waals surface area contributed by atoms with Gasteiger partial charge in [-0.05, 0) is 31.2 Å². The summed E-state index contributed by atoms with van der Waals surface area (Å²) in [5, 5.41) is 3.93. The topological polar surface area (TPSA) is 133 Å². The molecule has 0 atom stereocenters. The molecule has 0 fully saturated rings. The average Bonchev–Trinajstić information content (AvgIpc) is 2.96. The Hall–Kier alpha value is -2.33. The van der Waals surface area contributed by atoms with Crippen LogP contribution >= 0.6 is 23.1 Å². The minimum absolute atomic E-state index is 0.172. The third-order valence-electron chi connectivity index (χ3n) is 4.62. The second-order valence-electron chi connectivity index (χ2n) is 6.76. The number of ether oxygens (including phenoxy) is 1. The van der Waals surface area contributed by atoms with Crippen LogP contribution in [0, 0.1) is 0 Å². The van der Waals surface area contributed by atoms with Crippen LogP contribution in [0.3, 0.4) is 0 Å². The molecule has 0 aromatic carbocycles. The van der Waals surface area contributed by atoms with E-state index in [2.05, 4.69) is 15.3 Å². The summed E-state index contributed by atoms with van der Waals surface area (Å²) < 4.78 is 4.99. The standard InChI is InChI=1S/C19H25N5O3S2/c1-27-18(26)16-11-6-4-2-3-5-7-12(11)29-17(16)24-15(25)8-9-28-19-22-13(20)10-14(21)23-19/h10H,2-9H2,1H3,(H,24,25)(H4,20,21,22,23).